The first kappa shape index (κ1) is 28.5. The minimum atomic E-state index is -2.12. The number of amides is 1. The number of carbonyl (C=O) groups excluding carboxylic acids is 1. The van der Waals surface area contributed by atoms with Gasteiger partial charge in [0.25, 0.3) is 0 Å². The largest absolute Gasteiger partial charge is 0.497 e. The van der Waals surface area contributed by atoms with Crippen LogP contribution in [0.25, 0.3) is 0 Å². The number of hydrogen-bond acceptors (Lipinski definition) is 5. The zero-order valence-electron chi connectivity index (χ0n) is 23.2. The van der Waals surface area contributed by atoms with Crippen molar-refractivity contribution >= 4 is 19.9 Å². The van der Waals surface area contributed by atoms with Gasteiger partial charge in [-0.1, -0.05) is 58.2 Å². The Morgan fingerprint density at radius 2 is 1.65 bits per heavy atom. The normalized spacial score (nSPS) is 18.6. The maximum atomic E-state index is 13.8. The van der Waals surface area contributed by atoms with E-state index in [4.69, 9.17) is 18.6 Å². The van der Waals surface area contributed by atoms with Gasteiger partial charge in [-0.25, -0.2) is 0 Å². The molecule has 1 amide bonds. The molecule has 2 aromatic carbocycles. The van der Waals surface area contributed by atoms with Crippen LogP contribution < -0.4 is 19.1 Å². The highest BCUT2D eigenvalue weighted by Crippen LogP contribution is 2.51. The van der Waals surface area contributed by atoms with Gasteiger partial charge in [-0.15, -0.1) is 0 Å². The molecule has 2 aromatic rings. The van der Waals surface area contributed by atoms with Crippen LogP contribution in [0.5, 0.6) is 17.2 Å². The average Bonchev–Trinajstić information content (AvgIpc) is 2.84. The third-order valence-corrected chi connectivity index (χ3v) is 11.9. The summed E-state index contributed by atoms with van der Waals surface area (Å²) in [4.78, 5) is 15.6. The second kappa shape index (κ2) is 11.6. The topological polar surface area (TPSA) is 57.2 Å². The summed E-state index contributed by atoms with van der Waals surface area (Å²) in [6.45, 7) is 21.3. The fraction of sp³-hybridized carbons (Fsp3) is 0.433. The van der Waals surface area contributed by atoms with Gasteiger partial charge < -0.3 is 23.5 Å². The second-order valence-corrected chi connectivity index (χ2v) is 15.6. The van der Waals surface area contributed by atoms with E-state index in [1.807, 2.05) is 54.3 Å². The van der Waals surface area contributed by atoms with E-state index >= 15 is 0 Å². The van der Waals surface area contributed by atoms with E-state index in [-0.39, 0.29) is 29.0 Å². The molecule has 37 heavy (non-hydrogen) atoms. The Morgan fingerprint density at radius 3 is 2.22 bits per heavy atom. The van der Waals surface area contributed by atoms with Crippen molar-refractivity contribution in [2.45, 2.75) is 58.0 Å². The smallest absolute Gasteiger partial charge is 0.235 e. The van der Waals surface area contributed by atoms with Crippen molar-refractivity contribution in [2.75, 3.05) is 25.2 Å². The van der Waals surface area contributed by atoms with E-state index in [0.29, 0.717) is 24.7 Å². The average molecular weight is 524 g/mol. The molecule has 0 aliphatic carbocycles. The summed E-state index contributed by atoms with van der Waals surface area (Å²) in [6.07, 6.45) is 3.11. The van der Waals surface area contributed by atoms with Gasteiger partial charge >= 0.3 is 0 Å². The van der Waals surface area contributed by atoms with E-state index < -0.39 is 8.32 Å². The third-order valence-electron chi connectivity index (χ3n) is 7.31. The minimum absolute atomic E-state index is 0.0217. The van der Waals surface area contributed by atoms with Crippen LogP contribution in [0.3, 0.4) is 0 Å². The Hall–Kier alpha value is -3.03. The lowest BCUT2D eigenvalue weighted by Crippen LogP contribution is -2.61. The maximum Gasteiger partial charge on any atom is 0.235 e. The molecule has 0 spiro atoms. The van der Waals surface area contributed by atoms with Crippen LogP contribution >= 0.6 is 0 Å². The Labute approximate surface area is 223 Å². The maximum absolute atomic E-state index is 13.8. The molecule has 7 heteroatoms. The summed E-state index contributed by atoms with van der Waals surface area (Å²) in [5, 5.41) is 0.0237. The summed E-state index contributed by atoms with van der Waals surface area (Å²) in [6, 6.07) is 13.0. The molecule has 6 nitrogen and oxygen atoms in total. The molecule has 0 unspecified atom stereocenters. The second-order valence-electron chi connectivity index (χ2n) is 10.8. The summed E-state index contributed by atoms with van der Waals surface area (Å²) >= 11 is 0. The van der Waals surface area contributed by atoms with Gasteiger partial charge in [0.2, 0.25) is 5.91 Å². The molecular weight excluding hydrogens is 482 g/mol. The van der Waals surface area contributed by atoms with Crippen LogP contribution in [0.4, 0.5) is 5.69 Å². The molecule has 0 radical (unpaired) electrons. The number of nitrogens with zero attached hydrogens (tertiary/aromatic N) is 1. The number of anilines is 1. The fourth-order valence-electron chi connectivity index (χ4n) is 4.37. The highest BCUT2D eigenvalue weighted by atomic mass is 28.4. The number of rotatable bonds is 12. The number of hydrogen-bond donors (Lipinski definition) is 0. The molecule has 1 fully saturated rings. The van der Waals surface area contributed by atoms with E-state index in [1.165, 1.54) is 0 Å². The van der Waals surface area contributed by atoms with Crippen molar-refractivity contribution in [1.82, 2.24) is 0 Å². The SMILES string of the molecule is C=CCOc1cccc([C@@H]2[C@@H]([C@@H](C)O[Si](C)(C)C(C)(C)C)C(=O)N2c2ccc(OC)cc2)c1OCC=C. The highest BCUT2D eigenvalue weighted by Gasteiger charge is 2.54. The number of benzene rings is 2. The number of ether oxygens (including phenoxy) is 3. The summed E-state index contributed by atoms with van der Waals surface area (Å²) in [7, 11) is -0.492. The monoisotopic (exact) mass is 523 g/mol. The first-order chi connectivity index (χ1) is 17.5. The fourth-order valence-corrected chi connectivity index (χ4v) is 5.80. The molecule has 0 aromatic heterocycles. The number of carbonyl (C=O) groups is 1. The van der Waals surface area contributed by atoms with Gasteiger partial charge in [0, 0.05) is 11.3 Å². The van der Waals surface area contributed by atoms with E-state index in [2.05, 4.69) is 47.0 Å². The van der Waals surface area contributed by atoms with Crippen LogP contribution in [-0.2, 0) is 9.22 Å². The number of para-hydroxylation sites is 1. The van der Waals surface area contributed by atoms with Crippen LogP contribution in [0, 0.1) is 5.92 Å². The van der Waals surface area contributed by atoms with E-state index in [1.54, 1.807) is 19.3 Å². The van der Waals surface area contributed by atoms with Gasteiger partial charge in [-0.2, -0.15) is 0 Å². The third kappa shape index (κ3) is 5.94. The summed E-state index contributed by atoms with van der Waals surface area (Å²) in [5.41, 5.74) is 1.66. The lowest BCUT2D eigenvalue weighted by molar-refractivity contribution is -0.134. The molecule has 0 N–H and O–H groups in total. The first-order valence-electron chi connectivity index (χ1n) is 12.7. The zero-order valence-corrected chi connectivity index (χ0v) is 24.2. The molecule has 1 aliphatic rings. The van der Waals surface area contributed by atoms with Crippen molar-refractivity contribution in [1.29, 1.82) is 0 Å². The molecule has 1 aliphatic heterocycles. The van der Waals surface area contributed by atoms with Gasteiger partial charge in [0.05, 0.1) is 25.2 Å². The van der Waals surface area contributed by atoms with Crippen molar-refractivity contribution in [3.63, 3.8) is 0 Å². The van der Waals surface area contributed by atoms with E-state index in [0.717, 1.165) is 17.0 Å². The summed E-state index contributed by atoms with van der Waals surface area (Å²) in [5.74, 6) is 1.58. The van der Waals surface area contributed by atoms with Crippen molar-refractivity contribution in [3.8, 4) is 17.2 Å². The highest BCUT2D eigenvalue weighted by molar-refractivity contribution is 6.74. The molecule has 200 valence electrons. The van der Waals surface area contributed by atoms with Gasteiger partial charge in [-0.05, 0) is 55.4 Å². The predicted octanol–water partition coefficient (Wildman–Crippen LogP) is 6.94. The zero-order chi connectivity index (χ0) is 27.4. The quantitative estimate of drug-likeness (QED) is 0.171. The number of β-lactam (4-membered cyclic amide) rings is 1. The Kier molecular flexibility index (Phi) is 8.92. The summed E-state index contributed by atoms with van der Waals surface area (Å²) < 4.78 is 24.1. The minimum Gasteiger partial charge on any atom is -0.497 e. The first-order valence-corrected chi connectivity index (χ1v) is 15.6. The van der Waals surface area contributed by atoms with Crippen molar-refractivity contribution < 1.29 is 23.4 Å². The van der Waals surface area contributed by atoms with Crippen molar-refractivity contribution in [3.05, 3.63) is 73.3 Å². The van der Waals surface area contributed by atoms with Gasteiger partial charge in [0.1, 0.15) is 19.0 Å². The standard InChI is InChI=1S/C30H41NO5Si/c1-10-19-34-25-14-12-13-24(28(25)35-20-11-2)27-26(21(3)36-37(8,9)30(4,5)6)29(32)31(27)22-15-17-23(33-7)18-16-22/h10-18,21,26-27H,1-2,19-20H2,3-9H3/t21-,26-,27-/m1/s1. The predicted molar refractivity (Wildman–Crippen MR) is 152 cm³/mol. The van der Waals surface area contributed by atoms with Gasteiger partial charge in [-0.3, -0.25) is 4.79 Å². The van der Waals surface area contributed by atoms with Crippen LogP contribution in [0.1, 0.15) is 39.3 Å². The lowest BCUT2D eigenvalue weighted by Gasteiger charge is -2.51. The molecular formula is C30H41NO5Si. The van der Waals surface area contributed by atoms with Crippen LogP contribution in [0.15, 0.2) is 67.8 Å². The molecule has 0 saturated carbocycles. The van der Waals surface area contributed by atoms with Crippen LogP contribution in [0.2, 0.25) is 18.1 Å². The molecule has 1 saturated heterocycles. The molecule has 0 bridgehead atoms. The Bertz CT molecular complexity index is 1110. The van der Waals surface area contributed by atoms with Crippen molar-refractivity contribution in [2.24, 2.45) is 5.92 Å². The van der Waals surface area contributed by atoms with Crippen LogP contribution in [-0.4, -0.2) is 40.7 Å². The van der Waals surface area contributed by atoms with E-state index in [9.17, 15) is 4.79 Å². The Balaban J connectivity index is 2.10. The molecule has 1 heterocycles. The number of methoxy groups -OCH3 is 1. The Morgan fingerprint density at radius 1 is 1.03 bits per heavy atom. The molecule has 3 rings (SSSR count). The lowest BCUT2D eigenvalue weighted by atomic mass is 9.78. The van der Waals surface area contributed by atoms with Gasteiger partial charge in [0.15, 0.2) is 19.8 Å². The molecule has 3 atom stereocenters.